The summed E-state index contributed by atoms with van der Waals surface area (Å²) in [5.41, 5.74) is 2.11. The number of fused-ring (bicyclic) bond motifs is 1. The summed E-state index contributed by atoms with van der Waals surface area (Å²) in [4.78, 5) is 0. The van der Waals surface area contributed by atoms with E-state index in [1.807, 2.05) is 18.2 Å². The van der Waals surface area contributed by atoms with Crippen LogP contribution in [0.4, 0.5) is 0 Å². The molecule has 3 nitrogen and oxygen atoms in total. The largest absolute Gasteiger partial charge is 0.392 e. The van der Waals surface area contributed by atoms with E-state index in [1.165, 1.54) is 5.39 Å². The van der Waals surface area contributed by atoms with Gasteiger partial charge in [-0.3, -0.25) is 0 Å². The number of rotatable bonds is 6. The second kappa shape index (κ2) is 6.03. The third-order valence-corrected chi connectivity index (χ3v) is 2.95. The average molecular weight is 247 g/mol. The standard InChI is InChI=1S/C15H21NO2/c1-12(2)11-18-8-7-16-6-5-14-4-3-13(10-17)9-15(14)16/h3-6,9,12,17H,7-8,10-11H2,1-2H3. The Bertz CT molecular complexity index is 502. The van der Waals surface area contributed by atoms with Gasteiger partial charge < -0.3 is 14.4 Å². The summed E-state index contributed by atoms with van der Waals surface area (Å²) < 4.78 is 7.78. The molecule has 3 heteroatoms. The third-order valence-electron chi connectivity index (χ3n) is 2.95. The van der Waals surface area contributed by atoms with E-state index in [-0.39, 0.29) is 6.61 Å². The van der Waals surface area contributed by atoms with Crippen LogP contribution in [-0.2, 0) is 17.9 Å². The molecule has 0 aliphatic heterocycles. The van der Waals surface area contributed by atoms with Crippen molar-refractivity contribution < 1.29 is 9.84 Å². The molecule has 0 saturated heterocycles. The average Bonchev–Trinajstić information content (AvgIpc) is 2.76. The van der Waals surface area contributed by atoms with E-state index in [4.69, 9.17) is 9.84 Å². The van der Waals surface area contributed by atoms with Gasteiger partial charge in [0.2, 0.25) is 0 Å². The second-order valence-electron chi connectivity index (χ2n) is 5.03. The van der Waals surface area contributed by atoms with Crippen molar-refractivity contribution in [2.45, 2.75) is 27.0 Å². The van der Waals surface area contributed by atoms with Gasteiger partial charge in [0, 0.05) is 24.9 Å². The summed E-state index contributed by atoms with van der Waals surface area (Å²) in [7, 11) is 0. The molecule has 1 aromatic heterocycles. The van der Waals surface area contributed by atoms with Crippen molar-refractivity contribution in [2.24, 2.45) is 5.92 Å². The summed E-state index contributed by atoms with van der Waals surface area (Å²) in [6.07, 6.45) is 2.07. The first-order chi connectivity index (χ1) is 8.70. The molecule has 1 N–H and O–H groups in total. The highest BCUT2D eigenvalue weighted by atomic mass is 16.5. The lowest BCUT2D eigenvalue weighted by Crippen LogP contribution is -2.08. The second-order valence-corrected chi connectivity index (χ2v) is 5.03. The molecule has 0 spiro atoms. The topological polar surface area (TPSA) is 34.4 Å². The van der Waals surface area contributed by atoms with Gasteiger partial charge >= 0.3 is 0 Å². The lowest BCUT2D eigenvalue weighted by Gasteiger charge is -2.09. The Morgan fingerprint density at radius 1 is 1.28 bits per heavy atom. The summed E-state index contributed by atoms with van der Waals surface area (Å²) in [5, 5.41) is 10.4. The molecule has 1 aromatic carbocycles. The van der Waals surface area contributed by atoms with E-state index >= 15 is 0 Å². The molecule has 0 aliphatic rings. The van der Waals surface area contributed by atoms with Gasteiger partial charge in [-0.25, -0.2) is 0 Å². The van der Waals surface area contributed by atoms with Gasteiger partial charge in [0.15, 0.2) is 0 Å². The maximum Gasteiger partial charge on any atom is 0.0682 e. The number of aromatic nitrogens is 1. The molecule has 0 fully saturated rings. The van der Waals surface area contributed by atoms with Crippen LogP contribution in [0.3, 0.4) is 0 Å². The highest BCUT2D eigenvalue weighted by Crippen LogP contribution is 2.17. The molecular weight excluding hydrogens is 226 g/mol. The van der Waals surface area contributed by atoms with Crippen molar-refractivity contribution in [3.63, 3.8) is 0 Å². The highest BCUT2D eigenvalue weighted by Gasteiger charge is 2.02. The van der Waals surface area contributed by atoms with Crippen LogP contribution >= 0.6 is 0 Å². The molecule has 0 radical (unpaired) electrons. The normalized spacial score (nSPS) is 11.6. The Balaban J connectivity index is 2.04. The molecule has 98 valence electrons. The maximum atomic E-state index is 9.17. The molecule has 2 aromatic rings. The minimum Gasteiger partial charge on any atom is -0.392 e. The Kier molecular flexibility index (Phi) is 4.39. The molecule has 18 heavy (non-hydrogen) atoms. The number of nitrogens with zero attached hydrogens (tertiary/aromatic N) is 1. The van der Waals surface area contributed by atoms with E-state index in [2.05, 4.69) is 30.7 Å². The smallest absolute Gasteiger partial charge is 0.0682 e. The molecule has 0 bridgehead atoms. The summed E-state index contributed by atoms with van der Waals surface area (Å²) >= 11 is 0. The summed E-state index contributed by atoms with van der Waals surface area (Å²) in [6, 6.07) is 8.14. The lowest BCUT2D eigenvalue weighted by atomic mass is 10.2. The van der Waals surface area contributed by atoms with Crippen molar-refractivity contribution in [2.75, 3.05) is 13.2 Å². The number of hydrogen-bond acceptors (Lipinski definition) is 2. The van der Waals surface area contributed by atoms with Gasteiger partial charge in [0.25, 0.3) is 0 Å². The van der Waals surface area contributed by atoms with Crippen molar-refractivity contribution in [3.8, 4) is 0 Å². The van der Waals surface area contributed by atoms with Gasteiger partial charge in [0.05, 0.1) is 13.2 Å². The summed E-state index contributed by atoms with van der Waals surface area (Å²) in [6.45, 7) is 6.78. The van der Waals surface area contributed by atoms with Crippen LogP contribution in [0.5, 0.6) is 0 Å². The minimum atomic E-state index is 0.0883. The van der Waals surface area contributed by atoms with E-state index < -0.39 is 0 Å². The minimum absolute atomic E-state index is 0.0883. The van der Waals surface area contributed by atoms with Crippen LogP contribution in [0.1, 0.15) is 19.4 Å². The van der Waals surface area contributed by atoms with Crippen molar-refractivity contribution in [1.82, 2.24) is 4.57 Å². The SMILES string of the molecule is CC(C)COCCn1ccc2ccc(CO)cc21. The molecule has 0 amide bonds. The third kappa shape index (κ3) is 3.12. The van der Waals surface area contributed by atoms with E-state index in [1.54, 1.807) is 0 Å². The first-order valence-electron chi connectivity index (χ1n) is 6.47. The Morgan fingerprint density at radius 2 is 2.11 bits per heavy atom. The van der Waals surface area contributed by atoms with Crippen molar-refractivity contribution in [1.29, 1.82) is 0 Å². The van der Waals surface area contributed by atoms with Crippen LogP contribution in [0.2, 0.25) is 0 Å². The number of aliphatic hydroxyl groups excluding tert-OH is 1. The molecule has 0 atom stereocenters. The molecule has 1 heterocycles. The van der Waals surface area contributed by atoms with Crippen LogP contribution in [-0.4, -0.2) is 22.9 Å². The highest BCUT2D eigenvalue weighted by molar-refractivity contribution is 5.80. The molecule has 0 aliphatic carbocycles. The Morgan fingerprint density at radius 3 is 2.83 bits per heavy atom. The van der Waals surface area contributed by atoms with Crippen LogP contribution in [0.15, 0.2) is 30.5 Å². The molecule has 0 saturated carbocycles. The number of ether oxygens (including phenoxy) is 1. The maximum absolute atomic E-state index is 9.17. The molecular formula is C15H21NO2. The predicted octanol–water partition coefficient (Wildman–Crippen LogP) is 2.81. The number of aliphatic hydroxyl groups is 1. The predicted molar refractivity (Wildman–Crippen MR) is 73.5 cm³/mol. The van der Waals surface area contributed by atoms with E-state index in [0.29, 0.717) is 5.92 Å². The van der Waals surface area contributed by atoms with Gasteiger partial charge in [-0.15, -0.1) is 0 Å². The fourth-order valence-corrected chi connectivity index (χ4v) is 2.00. The van der Waals surface area contributed by atoms with Gasteiger partial charge in [-0.1, -0.05) is 26.0 Å². The van der Waals surface area contributed by atoms with Crippen LogP contribution in [0.25, 0.3) is 10.9 Å². The van der Waals surface area contributed by atoms with Gasteiger partial charge in [0.1, 0.15) is 0 Å². The lowest BCUT2D eigenvalue weighted by molar-refractivity contribution is 0.104. The zero-order valence-corrected chi connectivity index (χ0v) is 11.1. The Hall–Kier alpha value is -1.32. The van der Waals surface area contributed by atoms with E-state index in [0.717, 1.165) is 30.8 Å². The Labute approximate surface area is 108 Å². The number of benzene rings is 1. The summed E-state index contributed by atoms with van der Waals surface area (Å²) in [5.74, 6) is 0.576. The fourth-order valence-electron chi connectivity index (χ4n) is 2.00. The fraction of sp³-hybridized carbons (Fsp3) is 0.467. The van der Waals surface area contributed by atoms with Crippen molar-refractivity contribution in [3.05, 3.63) is 36.0 Å². The van der Waals surface area contributed by atoms with Crippen molar-refractivity contribution >= 4 is 10.9 Å². The van der Waals surface area contributed by atoms with Crippen LogP contribution in [0, 0.1) is 5.92 Å². The molecule has 0 unspecified atom stereocenters. The van der Waals surface area contributed by atoms with Gasteiger partial charge in [-0.05, 0) is 29.0 Å². The van der Waals surface area contributed by atoms with Gasteiger partial charge in [-0.2, -0.15) is 0 Å². The van der Waals surface area contributed by atoms with Crippen LogP contribution < -0.4 is 0 Å². The zero-order valence-electron chi connectivity index (χ0n) is 11.1. The first kappa shape index (κ1) is 13.1. The monoisotopic (exact) mass is 247 g/mol. The quantitative estimate of drug-likeness (QED) is 0.796. The molecule has 2 rings (SSSR count). The zero-order chi connectivity index (χ0) is 13.0. The number of hydrogen-bond donors (Lipinski definition) is 1. The first-order valence-corrected chi connectivity index (χ1v) is 6.47. The van der Waals surface area contributed by atoms with E-state index in [9.17, 15) is 0 Å².